The van der Waals surface area contributed by atoms with Crippen molar-refractivity contribution in [3.05, 3.63) is 53.2 Å². The van der Waals surface area contributed by atoms with Gasteiger partial charge in [0, 0.05) is 24.7 Å². The third-order valence-electron chi connectivity index (χ3n) is 5.73. The second-order valence-electron chi connectivity index (χ2n) is 7.74. The van der Waals surface area contributed by atoms with Gasteiger partial charge in [-0.15, -0.1) is 0 Å². The molecule has 1 aromatic heterocycles. The molecule has 1 N–H and O–H groups in total. The number of carbonyl (C=O) groups is 2. The number of anilines is 2. The SMILES string of the molecule is Cc1ccc(C)c(C(=O)Nc2ccc(N3CCN(C4CCCC4)C3=O)nc2)c1. The molecule has 0 bridgehead atoms. The highest BCUT2D eigenvalue weighted by molar-refractivity contribution is 6.05. The van der Waals surface area contributed by atoms with Gasteiger partial charge in [0.25, 0.3) is 5.91 Å². The fraction of sp³-hybridized carbons (Fsp3) is 0.409. The summed E-state index contributed by atoms with van der Waals surface area (Å²) < 4.78 is 0. The molecule has 2 fully saturated rings. The van der Waals surface area contributed by atoms with Crippen LogP contribution in [0.4, 0.5) is 16.3 Å². The van der Waals surface area contributed by atoms with Crippen molar-refractivity contribution in [3.8, 4) is 0 Å². The zero-order chi connectivity index (χ0) is 19.7. The molecule has 0 spiro atoms. The number of pyridine rings is 1. The van der Waals surface area contributed by atoms with Crippen LogP contribution in [0.15, 0.2) is 36.5 Å². The molecule has 0 atom stereocenters. The number of hydrogen-bond acceptors (Lipinski definition) is 3. The summed E-state index contributed by atoms with van der Waals surface area (Å²) in [7, 11) is 0. The van der Waals surface area contributed by atoms with E-state index in [9.17, 15) is 9.59 Å². The minimum atomic E-state index is -0.152. The maximum Gasteiger partial charge on any atom is 0.326 e. The monoisotopic (exact) mass is 378 g/mol. The maximum atomic E-state index is 12.8. The molecular weight excluding hydrogens is 352 g/mol. The van der Waals surface area contributed by atoms with Crippen LogP contribution in [0, 0.1) is 13.8 Å². The Labute approximate surface area is 165 Å². The number of nitrogens with zero attached hydrogens (tertiary/aromatic N) is 3. The lowest BCUT2D eigenvalue weighted by Gasteiger charge is -2.23. The van der Waals surface area contributed by atoms with Gasteiger partial charge in [-0.05, 0) is 50.5 Å². The van der Waals surface area contributed by atoms with Gasteiger partial charge in [0.05, 0.1) is 11.9 Å². The van der Waals surface area contributed by atoms with Crippen molar-refractivity contribution in [2.45, 2.75) is 45.6 Å². The van der Waals surface area contributed by atoms with Gasteiger partial charge in [-0.1, -0.05) is 30.5 Å². The first kappa shape index (κ1) is 18.5. The van der Waals surface area contributed by atoms with Gasteiger partial charge >= 0.3 is 6.03 Å². The zero-order valence-electron chi connectivity index (χ0n) is 16.4. The molecule has 3 amide bonds. The molecule has 2 aromatic rings. The molecule has 1 saturated heterocycles. The normalized spacial score (nSPS) is 17.4. The molecule has 6 nitrogen and oxygen atoms in total. The van der Waals surface area contributed by atoms with Crippen LogP contribution in [0.1, 0.15) is 47.2 Å². The second-order valence-corrected chi connectivity index (χ2v) is 7.74. The van der Waals surface area contributed by atoms with Crippen molar-refractivity contribution in [2.24, 2.45) is 0 Å². The van der Waals surface area contributed by atoms with Crippen LogP contribution in [0.2, 0.25) is 0 Å². The summed E-state index contributed by atoms with van der Waals surface area (Å²) in [4.78, 5) is 33.5. The molecule has 0 unspecified atom stereocenters. The Kier molecular flexibility index (Phi) is 5.03. The summed E-state index contributed by atoms with van der Waals surface area (Å²) >= 11 is 0. The molecular formula is C22H26N4O2. The first-order valence-electron chi connectivity index (χ1n) is 9.96. The molecule has 1 aromatic carbocycles. The zero-order valence-corrected chi connectivity index (χ0v) is 16.4. The highest BCUT2D eigenvalue weighted by Crippen LogP contribution is 2.28. The van der Waals surface area contributed by atoms with Gasteiger partial charge in [0.15, 0.2) is 0 Å². The predicted octanol–water partition coefficient (Wildman–Crippen LogP) is 4.14. The second kappa shape index (κ2) is 7.62. The van der Waals surface area contributed by atoms with E-state index in [1.807, 2.05) is 36.9 Å². The fourth-order valence-electron chi connectivity index (χ4n) is 4.12. The first-order valence-corrected chi connectivity index (χ1v) is 9.96. The van der Waals surface area contributed by atoms with E-state index < -0.39 is 0 Å². The Morgan fingerprint density at radius 3 is 2.61 bits per heavy atom. The number of benzene rings is 1. The summed E-state index contributed by atoms with van der Waals surface area (Å²) in [6.07, 6.45) is 6.25. The molecule has 4 rings (SSSR count). The largest absolute Gasteiger partial charge is 0.326 e. The molecule has 1 saturated carbocycles. The van der Waals surface area contributed by atoms with E-state index >= 15 is 0 Å². The van der Waals surface area contributed by atoms with Gasteiger partial charge in [-0.2, -0.15) is 0 Å². The molecule has 1 aliphatic carbocycles. The smallest absolute Gasteiger partial charge is 0.321 e. The molecule has 146 valence electrons. The summed E-state index contributed by atoms with van der Waals surface area (Å²) in [5.74, 6) is 0.482. The van der Waals surface area contributed by atoms with Crippen molar-refractivity contribution in [3.63, 3.8) is 0 Å². The van der Waals surface area contributed by atoms with E-state index in [4.69, 9.17) is 0 Å². The van der Waals surface area contributed by atoms with Crippen LogP contribution >= 0.6 is 0 Å². The highest BCUT2D eigenvalue weighted by atomic mass is 16.2. The number of amides is 3. The van der Waals surface area contributed by atoms with Crippen molar-refractivity contribution >= 4 is 23.4 Å². The van der Waals surface area contributed by atoms with E-state index in [0.717, 1.165) is 30.5 Å². The number of carbonyl (C=O) groups excluding carboxylic acids is 2. The summed E-state index contributed by atoms with van der Waals surface area (Å²) in [5, 5.41) is 2.89. The molecule has 6 heteroatoms. The van der Waals surface area contributed by atoms with E-state index in [1.165, 1.54) is 12.8 Å². The van der Waals surface area contributed by atoms with Crippen LogP contribution in [0.5, 0.6) is 0 Å². The van der Waals surface area contributed by atoms with Crippen molar-refractivity contribution in [1.29, 1.82) is 0 Å². The van der Waals surface area contributed by atoms with Crippen LogP contribution < -0.4 is 10.2 Å². The van der Waals surface area contributed by atoms with Crippen LogP contribution in [-0.2, 0) is 0 Å². The Morgan fingerprint density at radius 1 is 1.11 bits per heavy atom. The number of aromatic nitrogens is 1. The lowest BCUT2D eigenvalue weighted by molar-refractivity contribution is 0.102. The lowest BCUT2D eigenvalue weighted by atomic mass is 10.1. The van der Waals surface area contributed by atoms with Gasteiger partial charge in [0.1, 0.15) is 5.82 Å². The van der Waals surface area contributed by atoms with E-state index in [1.54, 1.807) is 23.2 Å². The van der Waals surface area contributed by atoms with Crippen LogP contribution in [-0.4, -0.2) is 41.0 Å². The van der Waals surface area contributed by atoms with Crippen LogP contribution in [0.3, 0.4) is 0 Å². The number of aryl methyl sites for hydroxylation is 2. The van der Waals surface area contributed by atoms with Gasteiger partial charge in [-0.3, -0.25) is 9.69 Å². The first-order chi connectivity index (χ1) is 13.5. The highest BCUT2D eigenvalue weighted by Gasteiger charge is 2.36. The topological polar surface area (TPSA) is 65.5 Å². The predicted molar refractivity (Wildman–Crippen MR) is 110 cm³/mol. The third kappa shape index (κ3) is 3.59. The Balaban J connectivity index is 1.43. The summed E-state index contributed by atoms with van der Waals surface area (Å²) in [6.45, 7) is 5.31. The standard InChI is InChI=1S/C22H26N4O2/c1-15-7-8-16(2)19(13-15)21(27)24-17-9-10-20(23-14-17)26-12-11-25(22(26)28)18-5-3-4-6-18/h7-10,13-14,18H,3-6,11-12H2,1-2H3,(H,24,27). The Bertz CT molecular complexity index is 888. The van der Waals surface area contributed by atoms with Gasteiger partial charge < -0.3 is 10.2 Å². The van der Waals surface area contributed by atoms with E-state index in [-0.39, 0.29) is 11.9 Å². The average molecular weight is 378 g/mol. The quantitative estimate of drug-likeness (QED) is 0.870. The van der Waals surface area contributed by atoms with Crippen molar-refractivity contribution in [2.75, 3.05) is 23.3 Å². The summed E-state index contributed by atoms with van der Waals surface area (Å²) in [5.41, 5.74) is 3.26. The minimum Gasteiger partial charge on any atom is -0.321 e. The number of hydrogen-bond donors (Lipinski definition) is 1. The Morgan fingerprint density at radius 2 is 1.89 bits per heavy atom. The molecule has 28 heavy (non-hydrogen) atoms. The molecule has 0 radical (unpaired) electrons. The maximum absolute atomic E-state index is 12.8. The number of rotatable bonds is 4. The fourth-order valence-corrected chi connectivity index (χ4v) is 4.12. The minimum absolute atomic E-state index is 0.0478. The molecule has 1 aliphatic heterocycles. The van der Waals surface area contributed by atoms with E-state index in [0.29, 0.717) is 29.7 Å². The average Bonchev–Trinajstić information content (AvgIpc) is 3.34. The lowest BCUT2D eigenvalue weighted by Crippen LogP contribution is -2.38. The number of urea groups is 1. The van der Waals surface area contributed by atoms with Gasteiger partial charge in [-0.25, -0.2) is 9.78 Å². The number of nitrogens with one attached hydrogen (secondary N) is 1. The molecule has 2 heterocycles. The van der Waals surface area contributed by atoms with Crippen LogP contribution in [0.25, 0.3) is 0 Å². The summed E-state index contributed by atoms with van der Waals surface area (Å²) in [6, 6.07) is 9.85. The van der Waals surface area contributed by atoms with Gasteiger partial charge in [0.2, 0.25) is 0 Å². The van der Waals surface area contributed by atoms with Crippen molar-refractivity contribution in [1.82, 2.24) is 9.88 Å². The Hall–Kier alpha value is -2.89. The van der Waals surface area contributed by atoms with E-state index in [2.05, 4.69) is 10.3 Å². The van der Waals surface area contributed by atoms with Crippen molar-refractivity contribution < 1.29 is 9.59 Å². The molecule has 2 aliphatic rings. The third-order valence-corrected chi connectivity index (χ3v) is 5.73.